The molecule has 1 aliphatic carbocycles. The van der Waals surface area contributed by atoms with Gasteiger partial charge in [-0.15, -0.1) is 0 Å². The lowest BCUT2D eigenvalue weighted by molar-refractivity contribution is -0.133. The second kappa shape index (κ2) is 7.66. The zero-order valence-corrected chi connectivity index (χ0v) is 15.8. The van der Waals surface area contributed by atoms with Crippen LogP contribution in [-0.2, 0) is 9.59 Å². The molecular weight excluding hydrogens is 349 g/mol. The van der Waals surface area contributed by atoms with Crippen molar-refractivity contribution in [1.29, 1.82) is 0 Å². The first kappa shape index (κ1) is 19.3. The Morgan fingerprint density at radius 1 is 1.26 bits per heavy atom. The molecule has 1 unspecified atom stereocenters. The molecule has 1 N–H and O–H groups in total. The Morgan fingerprint density at radius 3 is 2.52 bits per heavy atom. The molecule has 1 aromatic carbocycles. The van der Waals surface area contributed by atoms with Crippen molar-refractivity contribution >= 4 is 17.8 Å². The predicted octanol–water partition coefficient (Wildman–Crippen LogP) is 2.99. The number of imide groups is 1. The molecule has 1 heterocycles. The van der Waals surface area contributed by atoms with Crippen molar-refractivity contribution in [3.05, 3.63) is 35.6 Å². The zero-order valence-electron chi connectivity index (χ0n) is 15.8. The fourth-order valence-corrected chi connectivity index (χ4v) is 3.94. The highest BCUT2D eigenvalue weighted by Gasteiger charge is 2.52. The van der Waals surface area contributed by atoms with Crippen LogP contribution in [0.1, 0.15) is 57.1 Å². The van der Waals surface area contributed by atoms with Crippen molar-refractivity contribution in [1.82, 2.24) is 15.1 Å². The highest BCUT2D eigenvalue weighted by molar-refractivity contribution is 6.07. The van der Waals surface area contributed by atoms with Crippen molar-refractivity contribution in [3.8, 4) is 0 Å². The largest absolute Gasteiger partial charge is 0.339 e. The topological polar surface area (TPSA) is 69.7 Å². The average Bonchev–Trinajstić information content (AvgIpc) is 3.21. The van der Waals surface area contributed by atoms with Gasteiger partial charge < -0.3 is 10.2 Å². The number of urea groups is 1. The van der Waals surface area contributed by atoms with Crippen LogP contribution in [0, 0.1) is 5.82 Å². The molecule has 1 atom stereocenters. The summed E-state index contributed by atoms with van der Waals surface area (Å²) < 4.78 is 13.1. The first-order valence-corrected chi connectivity index (χ1v) is 9.49. The fraction of sp³-hybridized carbons (Fsp3) is 0.550. The Bertz CT molecular complexity index is 728. The molecule has 27 heavy (non-hydrogen) atoms. The lowest BCUT2D eigenvalue weighted by Crippen LogP contribution is -2.44. The van der Waals surface area contributed by atoms with E-state index >= 15 is 0 Å². The van der Waals surface area contributed by atoms with Gasteiger partial charge in [-0.2, -0.15) is 0 Å². The Hall–Kier alpha value is -2.44. The van der Waals surface area contributed by atoms with Crippen molar-refractivity contribution in [3.63, 3.8) is 0 Å². The number of carbonyl (C=O) groups excluding carboxylic acids is 3. The lowest BCUT2D eigenvalue weighted by Gasteiger charge is -2.26. The molecule has 2 fully saturated rings. The smallest absolute Gasteiger partial charge is 0.325 e. The molecule has 0 aromatic heterocycles. The van der Waals surface area contributed by atoms with Crippen LogP contribution in [0.2, 0.25) is 0 Å². The van der Waals surface area contributed by atoms with E-state index < -0.39 is 5.54 Å². The van der Waals surface area contributed by atoms with E-state index in [1.54, 1.807) is 24.1 Å². The minimum atomic E-state index is -0.699. The summed E-state index contributed by atoms with van der Waals surface area (Å²) in [6.07, 6.45) is 3.96. The minimum absolute atomic E-state index is 0.0746. The molecule has 1 aliphatic heterocycles. The van der Waals surface area contributed by atoms with E-state index in [-0.39, 0.29) is 42.7 Å². The van der Waals surface area contributed by atoms with Crippen molar-refractivity contribution < 1.29 is 18.8 Å². The van der Waals surface area contributed by atoms with E-state index in [0.717, 1.165) is 18.4 Å². The van der Waals surface area contributed by atoms with Crippen LogP contribution in [0.3, 0.4) is 0 Å². The van der Waals surface area contributed by atoms with Crippen LogP contribution in [0.15, 0.2) is 24.3 Å². The summed E-state index contributed by atoms with van der Waals surface area (Å²) in [6, 6.07) is 5.55. The monoisotopic (exact) mass is 375 g/mol. The van der Waals surface area contributed by atoms with Gasteiger partial charge in [-0.3, -0.25) is 14.5 Å². The molecule has 1 saturated heterocycles. The first-order chi connectivity index (χ1) is 12.8. The first-order valence-electron chi connectivity index (χ1n) is 9.49. The van der Waals surface area contributed by atoms with E-state index in [2.05, 4.69) is 5.32 Å². The van der Waals surface area contributed by atoms with Gasteiger partial charge in [0.1, 0.15) is 11.4 Å². The zero-order chi connectivity index (χ0) is 19.6. The molecular formula is C20H26FN3O3. The van der Waals surface area contributed by atoms with Crippen molar-refractivity contribution in [2.24, 2.45) is 0 Å². The summed E-state index contributed by atoms with van der Waals surface area (Å²) >= 11 is 0. The van der Waals surface area contributed by atoms with Gasteiger partial charge >= 0.3 is 6.03 Å². The number of nitrogens with zero attached hydrogens (tertiary/aromatic N) is 2. The summed E-state index contributed by atoms with van der Waals surface area (Å²) in [5, 5.41) is 2.85. The Kier molecular flexibility index (Phi) is 5.48. The van der Waals surface area contributed by atoms with Crippen LogP contribution in [-0.4, -0.2) is 46.8 Å². The Morgan fingerprint density at radius 2 is 1.89 bits per heavy atom. The van der Waals surface area contributed by atoms with Crippen LogP contribution in [0.4, 0.5) is 9.18 Å². The SMILES string of the molecule is CC(c1ccc(F)cc1)N(C)C(=O)CCCN1C(=O)NC2(CCCC2)C1=O. The average molecular weight is 375 g/mol. The Labute approximate surface area is 158 Å². The van der Waals surface area contributed by atoms with Gasteiger partial charge in [0.15, 0.2) is 0 Å². The number of halogens is 1. The highest BCUT2D eigenvalue weighted by Crippen LogP contribution is 2.35. The number of nitrogens with one attached hydrogen (secondary N) is 1. The molecule has 2 aliphatic rings. The maximum Gasteiger partial charge on any atom is 0.325 e. The third-order valence-corrected chi connectivity index (χ3v) is 5.80. The molecule has 6 nitrogen and oxygen atoms in total. The van der Waals surface area contributed by atoms with Gasteiger partial charge in [0.05, 0.1) is 6.04 Å². The standard InChI is InChI=1S/C20H26FN3O3/c1-14(15-7-9-16(21)10-8-15)23(2)17(25)6-5-13-24-18(26)20(22-19(24)27)11-3-4-12-20/h7-10,14H,3-6,11-13H2,1-2H3,(H,22,27). The van der Waals surface area contributed by atoms with Gasteiger partial charge in [0.25, 0.3) is 5.91 Å². The Balaban J connectivity index is 1.51. The summed E-state index contributed by atoms with van der Waals surface area (Å²) in [5.41, 5.74) is 0.152. The third-order valence-electron chi connectivity index (χ3n) is 5.80. The molecule has 7 heteroatoms. The van der Waals surface area contributed by atoms with Gasteiger partial charge in [-0.05, 0) is 43.9 Å². The second-order valence-electron chi connectivity index (χ2n) is 7.51. The highest BCUT2D eigenvalue weighted by atomic mass is 19.1. The quantitative estimate of drug-likeness (QED) is 0.777. The maximum atomic E-state index is 13.1. The molecule has 1 saturated carbocycles. The normalized spacial score (nSPS) is 19.4. The minimum Gasteiger partial charge on any atom is -0.339 e. The van der Waals surface area contributed by atoms with Crippen LogP contribution in [0.25, 0.3) is 0 Å². The number of hydrogen-bond acceptors (Lipinski definition) is 3. The number of carbonyl (C=O) groups is 3. The number of benzene rings is 1. The molecule has 3 rings (SSSR count). The van der Waals surface area contributed by atoms with Crippen molar-refractivity contribution in [2.45, 2.75) is 57.0 Å². The van der Waals surface area contributed by atoms with Gasteiger partial charge in [0, 0.05) is 20.0 Å². The lowest BCUT2D eigenvalue weighted by atomic mass is 9.98. The summed E-state index contributed by atoms with van der Waals surface area (Å²) in [5.74, 6) is -0.534. The fourth-order valence-electron chi connectivity index (χ4n) is 3.94. The number of rotatable bonds is 6. The van der Waals surface area contributed by atoms with Crippen LogP contribution in [0.5, 0.6) is 0 Å². The maximum absolute atomic E-state index is 13.1. The van der Waals surface area contributed by atoms with Gasteiger partial charge in [0.2, 0.25) is 5.91 Å². The summed E-state index contributed by atoms with van der Waals surface area (Å²) in [7, 11) is 1.71. The van der Waals surface area contributed by atoms with E-state index in [1.165, 1.54) is 17.0 Å². The molecule has 4 amide bonds. The number of amides is 4. The predicted molar refractivity (Wildman–Crippen MR) is 98.3 cm³/mol. The molecule has 1 spiro atoms. The number of hydrogen-bond donors (Lipinski definition) is 1. The second-order valence-corrected chi connectivity index (χ2v) is 7.51. The van der Waals surface area contributed by atoms with Crippen molar-refractivity contribution in [2.75, 3.05) is 13.6 Å². The van der Waals surface area contributed by atoms with Crippen LogP contribution < -0.4 is 5.32 Å². The van der Waals surface area contributed by atoms with E-state index in [9.17, 15) is 18.8 Å². The van der Waals surface area contributed by atoms with E-state index in [0.29, 0.717) is 19.3 Å². The van der Waals surface area contributed by atoms with E-state index in [1.807, 2.05) is 6.92 Å². The van der Waals surface area contributed by atoms with Crippen LogP contribution >= 0.6 is 0 Å². The summed E-state index contributed by atoms with van der Waals surface area (Å²) in [6.45, 7) is 2.13. The third kappa shape index (κ3) is 3.82. The molecule has 0 bridgehead atoms. The summed E-state index contributed by atoms with van der Waals surface area (Å²) in [4.78, 5) is 40.1. The van der Waals surface area contributed by atoms with E-state index in [4.69, 9.17) is 0 Å². The molecule has 1 aromatic rings. The van der Waals surface area contributed by atoms with Gasteiger partial charge in [-0.1, -0.05) is 25.0 Å². The molecule has 146 valence electrons. The molecule has 0 radical (unpaired) electrons. The van der Waals surface area contributed by atoms with Gasteiger partial charge in [-0.25, -0.2) is 9.18 Å².